The van der Waals surface area contributed by atoms with Crippen molar-refractivity contribution in [3.05, 3.63) is 24.0 Å². The first-order valence-corrected chi connectivity index (χ1v) is 4.57. The fraction of sp³-hybridized carbons (Fsp3) is 0.444. The van der Waals surface area contributed by atoms with Crippen LogP contribution in [0.4, 0.5) is 0 Å². The Morgan fingerprint density at radius 2 is 2.20 bits per heavy atom. The first-order chi connectivity index (χ1) is 7.15. The van der Waals surface area contributed by atoms with E-state index in [1.807, 2.05) is 6.92 Å². The van der Waals surface area contributed by atoms with Crippen molar-refractivity contribution in [3.8, 4) is 0 Å². The molecule has 0 aliphatic carbocycles. The molecule has 15 heavy (non-hydrogen) atoms. The summed E-state index contributed by atoms with van der Waals surface area (Å²) < 4.78 is 10.0. The lowest BCUT2D eigenvalue weighted by atomic mass is 9.81. The molecule has 1 heterocycles. The van der Waals surface area contributed by atoms with Crippen molar-refractivity contribution in [2.24, 2.45) is 0 Å². The van der Waals surface area contributed by atoms with E-state index in [2.05, 4.69) is 4.98 Å². The zero-order chi connectivity index (χ0) is 11.3. The molecule has 0 fully saturated rings. The highest BCUT2D eigenvalue weighted by Gasteiger charge is 2.12. The second kappa shape index (κ2) is 5.82. The van der Waals surface area contributed by atoms with E-state index >= 15 is 0 Å². The summed E-state index contributed by atoms with van der Waals surface area (Å²) in [4.78, 5) is 4.05. The third kappa shape index (κ3) is 3.60. The average molecular weight is 211 g/mol. The van der Waals surface area contributed by atoms with Crippen LogP contribution in [0.3, 0.4) is 0 Å². The molecule has 0 aromatic carbocycles. The molecule has 6 heteroatoms. The van der Waals surface area contributed by atoms with Gasteiger partial charge in [0.15, 0.2) is 0 Å². The van der Waals surface area contributed by atoms with Crippen LogP contribution in [0.25, 0.3) is 0 Å². The highest BCUT2D eigenvalue weighted by atomic mass is 16.7. The van der Waals surface area contributed by atoms with Crippen molar-refractivity contribution in [3.63, 3.8) is 0 Å². The molecule has 82 valence electrons. The number of pyridine rings is 1. The zero-order valence-corrected chi connectivity index (χ0v) is 8.75. The largest absolute Gasteiger partial charge is 0.490 e. The highest BCUT2D eigenvalue weighted by molar-refractivity contribution is 6.58. The highest BCUT2D eigenvalue weighted by Crippen LogP contribution is 2.12. The van der Waals surface area contributed by atoms with E-state index in [0.29, 0.717) is 5.46 Å². The molecule has 1 rings (SSSR count). The Bertz CT molecular complexity index is 291. The number of hydrogen-bond donors (Lipinski definition) is 2. The van der Waals surface area contributed by atoms with Crippen LogP contribution in [0.5, 0.6) is 0 Å². The summed E-state index contributed by atoms with van der Waals surface area (Å²) >= 11 is 0. The van der Waals surface area contributed by atoms with Crippen LogP contribution in [0.2, 0.25) is 0 Å². The van der Waals surface area contributed by atoms with Gasteiger partial charge in [0.25, 0.3) is 0 Å². The van der Waals surface area contributed by atoms with Crippen LogP contribution in [0.15, 0.2) is 18.3 Å². The third-order valence-corrected chi connectivity index (χ3v) is 1.96. The van der Waals surface area contributed by atoms with Crippen molar-refractivity contribution in [2.75, 3.05) is 13.9 Å². The van der Waals surface area contributed by atoms with Crippen molar-refractivity contribution in [1.29, 1.82) is 0 Å². The van der Waals surface area contributed by atoms with Gasteiger partial charge in [-0.15, -0.1) is 0 Å². The van der Waals surface area contributed by atoms with Crippen LogP contribution >= 0.6 is 0 Å². The maximum Gasteiger partial charge on any atom is 0.490 e. The number of aromatic nitrogens is 1. The normalized spacial score (nSPS) is 12.5. The molecule has 0 aliphatic rings. The van der Waals surface area contributed by atoms with Crippen molar-refractivity contribution in [1.82, 2.24) is 4.98 Å². The van der Waals surface area contributed by atoms with Crippen molar-refractivity contribution in [2.45, 2.75) is 13.0 Å². The Morgan fingerprint density at radius 3 is 2.67 bits per heavy atom. The second-order valence-electron chi connectivity index (χ2n) is 3.11. The maximum absolute atomic E-state index is 8.86. The summed E-state index contributed by atoms with van der Waals surface area (Å²) in [5.41, 5.74) is 1.08. The molecular weight excluding hydrogens is 197 g/mol. The third-order valence-electron chi connectivity index (χ3n) is 1.96. The lowest BCUT2D eigenvalue weighted by Gasteiger charge is -2.11. The fourth-order valence-electron chi connectivity index (χ4n) is 1.07. The lowest BCUT2D eigenvalue weighted by Crippen LogP contribution is -2.30. The summed E-state index contributed by atoms with van der Waals surface area (Å²) in [7, 11) is 0.0625. The molecule has 1 unspecified atom stereocenters. The van der Waals surface area contributed by atoms with Gasteiger partial charge in [0, 0.05) is 18.8 Å². The van der Waals surface area contributed by atoms with Crippen LogP contribution in [-0.4, -0.2) is 36.1 Å². The van der Waals surface area contributed by atoms with Crippen molar-refractivity contribution >= 4 is 12.6 Å². The van der Waals surface area contributed by atoms with E-state index in [4.69, 9.17) is 19.5 Å². The SMILES string of the molecule is COCOC(C)c1ccc(B(O)O)cn1. The standard InChI is InChI=1S/C9H14BNO4/c1-7(15-6-14-2)9-4-3-8(5-11-9)10(12)13/h3-5,7,12-13H,6H2,1-2H3. The van der Waals surface area contributed by atoms with Gasteiger partial charge < -0.3 is 19.5 Å². The number of ether oxygens (including phenoxy) is 2. The molecule has 0 saturated heterocycles. The Labute approximate surface area is 88.8 Å². The van der Waals surface area contributed by atoms with Gasteiger partial charge in [0.05, 0.1) is 11.8 Å². The van der Waals surface area contributed by atoms with Crippen LogP contribution in [0.1, 0.15) is 18.7 Å². The molecular formula is C9H14BNO4. The van der Waals surface area contributed by atoms with Crippen LogP contribution in [-0.2, 0) is 9.47 Å². The minimum Gasteiger partial charge on any atom is -0.423 e. The minimum atomic E-state index is -1.48. The van der Waals surface area contributed by atoms with Crippen LogP contribution < -0.4 is 5.46 Å². The van der Waals surface area contributed by atoms with Gasteiger partial charge in [-0.2, -0.15) is 0 Å². The van der Waals surface area contributed by atoms with Gasteiger partial charge >= 0.3 is 7.12 Å². The molecule has 0 aliphatic heterocycles. The Hall–Kier alpha value is -0.945. The molecule has 0 saturated carbocycles. The van der Waals surface area contributed by atoms with Gasteiger partial charge in [-0.25, -0.2) is 0 Å². The van der Waals surface area contributed by atoms with Gasteiger partial charge in [-0.05, 0) is 13.0 Å². The first kappa shape index (κ1) is 12.1. The molecule has 0 bridgehead atoms. The Kier molecular flexibility index (Phi) is 4.70. The van der Waals surface area contributed by atoms with Crippen molar-refractivity contribution < 1.29 is 19.5 Å². The monoisotopic (exact) mass is 211 g/mol. The van der Waals surface area contributed by atoms with Gasteiger partial charge in [0.1, 0.15) is 6.79 Å². The lowest BCUT2D eigenvalue weighted by molar-refractivity contribution is -0.0679. The van der Waals surface area contributed by atoms with E-state index in [0.717, 1.165) is 5.69 Å². The van der Waals surface area contributed by atoms with E-state index < -0.39 is 7.12 Å². The molecule has 2 N–H and O–H groups in total. The first-order valence-electron chi connectivity index (χ1n) is 4.57. The second-order valence-corrected chi connectivity index (χ2v) is 3.11. The summed E-state index contributed by atoms with van der Waals surface area (Å²) in [5.74, 6) is 0. The maximum atomic E-state index is 8.86. The summed E-state index contributed by atoms with van der Waals surface area (Å²) in [6, 6.07) is 3.29. The molecule has 0 amide bonds. The quantitative estimate of drug-likeness (QED) is 0.504. The van der Waals surface area contributed by atoms with Gasteiger partial charge in [-0.3, -0.25) is 4.98 Å². The summed E-state index contributed by atoms with van der Waals surface area (Å²) in [5, 5.41) is 17.7. The number of rotatable bonds is 5. The van der Waals surface area contributed by atoms with Gasteiger partial charge in [0.2, 0.25) is 0 Å². The average Bonchev–Trinajstić information content (AvgIpc) is 2.26. The van der Waals surface area contributed by atoms with Crippen LogP contribution in [0, 0.1) is 0 Å². The topological polar surface area (TPSA) is 71.8 Å². The van der Waals surface area contributed by atoms with E-state index in [1.54, 1.807) is 19.2 Å². The molecule has 0 radical (unpaired) electrons. The molecule has 1 atom stereocenters. The fourth-order valence-corrected chi connectivity index (χ4v) is 1.07. The number of methoxy groups -OCH3 is 1. The van der Waals surface area contributed by atoms with E-state index in [9.17, 15) is 0 Å². The molecule has 1 aromatic rings. The summed E-state index contributed by atoms with van der Waals surface area (Å²) in [6.45, 7) is 2.05. The Morgan fingerprint density at radius 1 is 1.47 bits per heavy atom. The van der Waals surface area contributed by atoms with E-state index in [-0.39, 0.29) is 12.9 Å². The molecule has 5 nitrogen and oxygen atoms in total. The molecule has 0 spiro atoms. The molecule has 1 aromatic heterocycles. The Balaban J connectivity index is 2.62. The number of nitrogens with zero attached hydrogens (tertiary/aromatic N) is 1. The predicted molar refractivity (Wildman–Crippen MR) is 55.4 cm³/mol. The smallest absolute Gasteiger partial charge is 0.423 e. The van der Waals surface area contributed by atoms with Gasteiger partial charge in [-0.1, -0.05) is 6.07 Å². The van der Waals surface area contributed by atoms with E-state index in [1.165, 1.54) is 6.20 Å². The zero-order valence-electron chi connectivity index (χ0n) is 8.75. The predicted octanol–water partition coefficient (Wildman–Crippen LogP) is -0.557. The summed E-state index contributed by atoms with van der Waals surface area (Å²) in [6.07, 6.45) is 1.22. The minimum absolute atomic E-state index is 0.185. The number of hydrogen-bond acceptors (Lipinski definition) is 5.